The lowest BCUT2D eigenvalue weighted by Crippen LogP contribution is -1.88. The molecule has 2 nitrogen and oxygen atoms in total. The summed E-state index contributed by atoms with van der Waals surface area (Å²) in [6.07, 6.45) is 0. The maximum atomic E-state index is 6.00. The van der Waals surface area contributed by atoms with E-state index in [1.807, 2.05) is 0 Å². The molecule has 0 aliphatic heterocycles. The van der Waals surface area contributed by atoms with Crippen LogP contribution in [0.15, 0.2) is 48.5 Å². The third-order valence-corrected chi connectivity index (χ3v) is 4.83. The Labute approximate surface area is 136 Å². The van der Waals surface area contributed by atoms with Crippen LogP contribution in [0, 0.1) is 0 Å². The molecule has 0 saturated heterocycles. The lowest BCUT2D eigenvalue weighted by Gasteiger charge is -2.05. The summed E-state index contributed by atoms with van der Waals surface area (Å²) >= 11 is 12.0. The highest BCUT2D eigenvalue weighted by Gasteiger charge is 2.22. The molecule has 0 N–H and O–H groups in total. The van der Waals surface area contributed by atoms with Gasteiger partial charge in [0.05, 0.1) is 11.0 Å². The molecular weight excluding hydrogens is 315 g/mol. The van der Waals surface area contributed by atoms with Gasteiger partial charge in [0.1, 0.15) is 0 Å². The van der Waals surface area contributed by atoms with Gasteiger partial charge in [0.15, 0.2) is 10.3 Å². The average Bonchev–Trinajstić information content (AvgIpc) is 2.83. The first kappa shape index (κ1) is 12.4. The van der Waals surface area contributed by atoms with Crippen molar-refractivity contribution in [3.8, 4) is 22.3 Å². The number of rotatable bonds is 0. The fourth-order valence-corrected chi connectivity index (χ4v) is 3.56. The van der Waals surface area contributed by atoms with Gasteiger partial charge in [0.2, 0.25) is 0 Å². The molecule has 0 spiro atoms. The minimum atomic E-state index is 0.239. The lowest BCUT2D eigenvalue weighted by atomic mass is 10.0. The molecule has 1 aromatic heterocycles. The molecule has 1 aliphatic carbocycles. The standard InChI is InChI=1S/C18H8Cl2N2/c19-17-18(20)22-15-8-13-11-6-2-4-9-3-1-5-10(16(9)11)12(13)7-14(15)21-17/h1-8H. The van der Waals surface area contributed by atoms with Gasteiger partial charge < -0.3 is 0 Å². The maximum Gasteiger partial charge on any atom is 0.167 e. The second kappa shape index (κ2) is 4.19. The van der Waals surface area contributed by atoms with Gasteiger partial charge >= 0.3 is 0 Å². The minimum Gasteiger partial charge on any atom is -0.231 e. The fourth-order valence-electron chi connectivity index (χ4n) is 3.30. The highest BCUT2D eigenvalue weighted by atomic mass is 35.5. The van der Waals surface area contributed by atoms with Crippen LogP contribution >= 0.6 is 23.2 Å². The largest absolute Gasteiger partial charge is 0.231 e. The Kier molecular flexibility index (Phi) is 2.36. The smallest absolute Gasteiger partial charge is 0.167 e. The number of nitrogens with zero attached hydrogens (tertiary/aromatic N) is 2. The number of aromatic nitrogens is 2. The molecule has 104 valence electrons. The van der Waals surface area contributed by atoms with Crippen LogP contribution in [0.5, 0.6) is 0 Å². The topological polar surface area (TPSA) is 25.8 Å². The van der Waals surface area contributed by atoms with E-state index in [0.29, 0.717) is 0 Å². The SMILES string of the molecule is Clc1nc2cc3c(cc2nc1Cl)-c1cccc2cccc-3c12. The number of halogens is 2. The predicted molar refractivity (Wildman–Crippen MR) is 91.5 cm³/mol. The molecule has 22 heavy (non-hydrogen) atoms. The lowest BCUT2D eigenvalue weighted by molar-refractivity contribution is 1.29. The molecule has 0 atom stereocenters. The second-order valence-corrected chi connectivity index (χ2v) is 6.12. The first-order valence-electron chi connectivity index (χ1n) is 6.92. The van der Waals surface area contributed by atoms with Gasteiger partial charge in [0.25, 0.3) is 0 Å². The van der Waals surface area contributed by atoms with Crippen molar-refractivity contribution in [3.05, 3.63) is 58.8 Å². The Morgan fingerprint density at radius 3 is 1.64 bits per heavy atom. The summed E-state index contributed by atoms with van der Waals surface area (Å²) in [5, 5.41) is 3.01. The van der Waals surface area contributed by atoms with Gasteiger partial charge in [-0.25, -0.2) is 9.97 Å². The van der Waals surface area contributed by atoms with Crippen molar-refractivity contribution in [2.24, 2.45) is 0 Å². The maximum absolute atomic E-state index is 6.00. The van der Waals surface area contributed by atoms with E-state index in [1.54, 1.807) is 0 Å². The van der Waals surface area contributed by atoms with Crippen molar-refractivity contribution in [2.45, 2.75) is 0 Å². The van der Waals surface area contributed by atoms with E-state index >= 15 is 0 Å². The third kappa shape index (κ3) is 1.51. The zero-order valence-electron chi connectivity index (χ0n) is 11.3. The minimum absolute atomic E-state index is 0.239. The molecule has 0 fully saturated rings. The summed E-state index contributed by atoms with van der Waals surface area (Å²) in [7, 11) is 0. The van der Waals surface area contributed by atoms with Gasteiger partial charge in [-0.2, -0.15) is 0 Å². The van der Waals surface area contributed by atoms with E-state index in [2.05, 4.69) is 58.5 Å². The van der Waals surface area contributed by atoms with Gasteiger partial charge in [0, 0.05) is 0 Å². The molecular formula is C18H8Cl2N2. The molecule has 0 saturated carbocycles. The number of hydrogen-bond acceptors (Lipinski definition) is 2. The monoisotopic (exact) mass is 322 g/mol. The van der Waals surface area contributed by atoms with Gasteiger partial charge in [-0.15, -0.1) is 0 Å². The molecule has 0 radical (unpaired) electrons. The van der Waals surface area contributed by atoms with Gasteiger partial charge in [-0.3, -0.25) is 0 Å². The summed E-state index contributed by atoms with van der Waals surface area (Å²) in [5.74, 6) is 0. The van der Waals surface area contributed by atoms with Crippen LogP contribution in [-0.2, 0) is 0 Å². The van der Waals surface area contributed by atoms with Crippen LogP contribution in [0.25, 0.3) is 44.1 Å². The number of fused-ring (bicyclic) bond motifs is 4. The van der Waals surface area contributed by atoms with E-state index in [9.17, 15) is 0 Å². The van der Waals surface area contributed by atoms with E-state index < -0.39 is 0 Å². The number of benzene rings is 3. The molecule has 4 heteroatoms. The Hall–Kier alpha value is -2.16. The molecule has 5 rings (SSSR count). The fraction of sp³-hybridized carbons (Fsp3) is 0. The van der Waals surface area contributed by atoms with Crippen molar-refractivity contribution in [2.75, 3.05) is 0 Å². The average molecular weight is 323 g/mol. The van der Waals surface area contributed by atoms with Crippen LogP contribution in [0.1, 0.15) is 0 Å². The molecule has 0 unspecified atom stereocenters. The van der Waals surface area contributed by atoms with Gasteiger partial charge in [-0.1, -0.05) is 59.6 Å². The predicted octanol–water partition coefficient (Wildman–Crippen LogP) is 5.74. The molecule has 0 bridgehead atoms. The zero-order chi connectivity index (χ0) is 14.8. The Balaban J connectivity index is 1.96. The van der Waals surface area contributed by atoms with Crippen molar-refractivity contribution in [3.63, 3.8) is 0 Å². The van der Waals surface area contributed by atoms with Crippen LogP contribution < -0.4 is 0 Å². The van der Waals surface area contributed by atoms with Crippen LogP contribution in [-0.4, -0.2) is 9.97 Å². The summed E-state index contributed by atoms with van der Waals surface area (Å²) < 4.78 is 0. The molecule has 4 aromatic rings. The van der Waals surface area contributed by atoms with Crippen molar-refractivity contribution < 1.29 is 0 Å². The summed E-state index contributed by atoms with van der Waals surface area (Å²) in [4.78, 5) is 8.70. The summed E-state index contributed by atoms with van der Waals surface area (Å²) in [5.41, 5.74) is 6.34. The highest BCUT2D eigenvalue weighted by molar-refractivity contribution is 6.40. The molecule has 3 aromatic carbocycles. The Bertz CT molecular complexity index is 1020. The van der Waals surface area contributed by atoms with Gasteiger partial charge in [-0.05, 0) is 45.2 Å². The van der Waals surface area contributed by atoms with E-state index in [1.165, 1.54) is 33.0 Å². The van der Waals surface area contributed by atoms with Crippen LogP contribution in [0.3, 0.4) is 0 Å². The first-order valence-corrected chi connectivity index (χ1v) is 7.67. The second-order valence-electron chi connectivity index (χ2n) is 5.40. The third-order valence-electron chi connectivity index (χ3n) is 4.21. The van der Waals surface area contributed by atoms with E-state index in [-0.39, 0.29) is 10.3 Å². The van der Waals surface area contributed by atoms with Crippen molar-refractivity contribution in [1.82, 2.24) is 9.97 Å². The summed E-state index contributed by atoms with van der Waals surface area (Å²) in [6.45, 7) is 0. The highest BCUT2D eigenvalue weighted by Crippen LogP contribution is 2.48. The van der Waals surface area contributed by atoms with Crippen molar-refractivity contribution >= 4 is 45.0 Å². The summed E-state index contributed by atoms with van der Waals surface area (Å²) in [6, 6.07) is 16.8. The normalized spacial score (nSPS) is 12.1. The van der Waals surface area contributed by atoms with E-state index in [0.717, 1.165) is 11.0 Å². The number of hydrogen-bond donors (Lipinski definition) is 0. The first-order chi connectivity index (χ1) is 10.7. The zero-order valence-corrected chi connectivity index (χ0v) is 12.8. The Morgan fingerprint density at radius 1 is 0.636 bits per heavy atom. The molecule has 0 amide bonds. The van der Waals surface area contributed by atoms with E-state index in [4.69, 9.17) is 23.2 Å². The van der Waals surface area contributed by atoms with Crippen LogP contribution in [0.2, 0.25) is 10.3 Å². The Morgan fingerprint density at radius 2 is 1.14 bits per heavy atom. The molecule has 1 aliphatic rings. The molecule has 1 heterocycles. The van der Waals surface area contributed by atoms with Crippen LogP contribution in [0.4, 0.5) is 0 Å². The quantitative estimate of drug-likeness (QED) is 0.363. The van der Waals surface area contributed by atoms with Crippen molar-refractivity contribution in [1.29, 1.82) is 0 Å².